The highest BCUT2D eigenvalue weighted by molar-refractivity contribution is 7.89. The highest BCUT2D eigenvalue weighted by Crippen LogP contribution is 2.21. The smallest absolute Gasteiger partial charge is 0.328 e. The number of aliphatic carboxylic acids is 1. The van der Waals surface area contributed by atoms with Crippen LogP contribution in [0.4, 0.5) is 4.39 Å². The van der Waals surface area contributed by atoms with Gasteiger partial charge >= 0.3 is 5.97 Å². The summed E-state index contributed by atoms with van der Waals surface area (Å²) >= 11 is 0. The molecule has 21 heavy (non-hydrogen) atoms. The SMILES string of the molecule is CCCN(CC)S(=O)(=O)c1ccc(/C=C/C(=O)O)cc1F. The van der Waals surface area contributed by atoms with Crippen molar-refractivity contribution in [3.8, 4) is 0 Å². The molecule has 0 radical (unpaired) electrons. The van der Waals surface area contributed by atoms with Crippen molar-refractivity contribution in [2.75, 3.05) is 13.1 Å². The van der Waals surface area contributed by atoms with Crippen LogP contribution in [0.2, 0.25) is 0 Å². The monoisotopic (exact) mass is 315 g/mol. The van der Waals surface area contributed by atoms with Crippen LogP contribution in [0.1, 0.15) is 25.8 Å². The van der Waals surface area contributed by atoms with Crippen molar-refractivity contribution in [2.24, 2.45) is 0 Å². The van der Waals surface area contributed by atoms with E-state index in [0.717, 1.165) is 18.2 Å². The Kier molecular flexibility index (Phi) is 6.04. The number of halogens is 1. The van der Waals surface area contributed by atoms with Crippen molar-refractivity contribution < 1.29 is 22.7 Å². The summed E-state index contributed by atoms with van der Waals surface area (Å²) in [5.74, 6) is -2.05. The standard InChI is InChI=1S/C14H18FNO4S/c1-3-9-16(4-2)21(19,20)13-7-5-11(10-12(13)15)6-8-14(17)18/h5-8,10H,3-4,9H2,1-2H3,(H,17,18)/b8-6+. The van der Waals surface area contributed by atoms with Crippen LogP contribution in [0.5, 0.6) is 0 Å². The van der Waals surface area contributed by atoms with Crippen molar-refractivity contribution in [2.45, 2.75) is 25.2 Å². The second-order valence-corrected chi connectivity index (χ2v) is 6.26. The minimum absolute atomic E-state index is 0.260. The molecule has 0 amide bonds. The van der Waals surface area contributed by atoms with Gasteiger partial charge in [-0.05, 0) is 30.2 Å². The van der Waals surface area contributed by atoms with Gasteiger partial charge in [-0.1, -0.05) is 19.9 Å². The molecule has 5 nitrogen and oxygen atoms in total. The molecule has 0 saturated heterocycles. The molecule has 1 aromatic rings. The lowest BCUT2D eigenvalue weighted by molar-refractivity contribution is -0.131. The van der Waals surface area contributed by atoms with Crippen LogP contribution in [0.15, 0.2) is 29.2 Å². The highest BCUT2D eigenvalue weighted by Gasteiger charge is 2.25. The van der Waals surface area contributed by atoms with Gasteiger partial charge in [-0.3, -0.25) is 0 Å². The van der Waals surface area contributed by atoms with Gasteiger partial charge in [0.25, 0.3) is 0 Å². The van der Waals surface area contributed by atoms with Crippen molar-refractivity contribution >= 4 is 22.1 Å². The number of hydrogen-bond acceptors (Lipinski definition) is 3. The Morgan fingerprint density at radius 2 is 2.05 bits per heavy atom. The zero-order valence-corrected chi connectivity index (χ0v) is 12.7. The van der Waals surface area contributed by atoms with E-state index in [-0.39, 0.29) is 12.1 Å². The van der Waals surface area contributed by atoms with Gasteiger partial charge in [-0.2, -0.15) is 4.31 Å². The Morgan fingerprint density at radius 1 is 1.38 bits per heavy atom. The molecule has 0 saturated carbocycles. The molecule has 0 aliphatic heterocycles. The molecule has 0 unspecified atom stereocenters. The maximum Gasteiger partial charge on any atom is 0.328 e. The lowest BCUT2D eigenvalue weighted by atomic mass is 10.2. The number of carboxylic acid groups (broad SMARTS) is 1. The van der Waals surface area contributed by atoms with Gasteiger partial charge in [0.05, 0.1) is 0 Å². The lowest BCUT2D eigenvalue weighted by Gasteiger charge is -2.20. The van der Waals surface area contributed by atoms with E-state index in [1.807, 2.05) is 6.92 Å². The predicted octanol–water partition coefficient (Wildman–Crippen LogP) is 2.34. The maximum atomic E-state index is 14.0. The Bertz CT molecular complexity index is 640. The normalized spacial score (nSPS) is 12.2. The van der Waals surface area contributed by atoms with E-state index in [2.05, 4.69) is 0 Å². The Hall–Kier alpha value is -1.73. The molecule has 1 aromatic carbocycles. The van der Waals surface area contributed by atoms with Crippen LogP contribution in [0.25, 0.3) is 6.08 Å². The topological polar surface area (TPSA) is 74.7 Å². The fraction of sp³-hybridized carbons (Fsp3) is 0.357. The molecule has 0 spiro atoms. The summed E-state index contributed by atoms with van der Waals surface area (Å²) in [4.78, 5) is 10.0. The predicted molar refractivity (Wildman–Crippen MR) is 77.8 cm³/mol. The number of benzene rings is 1. The van der Waals surface area contributed by atoms with E-state index in [1.165, 1.54) is 16.4 Å². The summed E-state index contributed by atoms with van der Waals surface area (Å²) in [5, 5.41) is 8.51. The molecule has 1 N–H and O–H groups in total. The minimum atomic E-state index is -3.87. The number of carbonyl (C=O) groups is 1. The number of rotatable bonds is 7. The van der Waals surface area contributed by atoms with Gasteiger partial charge in [0, 0.05) is 19.2 Å². The largest absolute Gasteiger partial charge is 0.478 e. The first-order chi connectivity index (χ1) is 9.82. The summed E-state index contributed by atoms with van der Waals surface area (Å²) < 4.78 is 39.9. The van der Waals surface area contributed by atoms with Crippen LogP contribution < -0.4 is 0 Å². The summed E-state index contributed by atoms with van der Waals surface area (Å²) in [7, 11) is -3.87. The van der Waals surface area contributed by atoms with Gasteiger partial charge in [-0.15, -0.1) is 0 Å². The first-order valence-electron chi connectivity index (χ1n) is 6.53. The molecule has 0 aromatic heterocycles. The maximum absolute atomic E-state index is 14.0. The quantitative estimate of drug-likeness (QED) is 0.784. The zero-order valence-electron chi connectivity index (χ0n) is 11.9. The van der Waals surface area contributed by atoms with E-state index in [0.29, 0.717) is 13.0 Å². The first kappa shape index (κ1) is 17.3. The van der Waals surface area contributed by atoms with E-state index in [9.17, 15) is 17.6 Å². The Labute approximate surface area is 123 Å². The second kappa shape index (κ2) is 7.33. The fourth-order valence-corrected chi connectivity index (χ4v) is 3.42. The third-order valence-electron chi connectivity index (χ3n) is 2.82. The first-order valence-corrected chi connectivity index (χ1v) is 7.97. The number of carboxylic acids is 1. The van der Waals surface area contributed by atoms with Crippen molar-refractivity contribution in [1.82, 2.24) is 4.31 Å². The molecule has 0 heterocycles. The minimum Gasteiger partial charge on any atom is -0.478 e. The molecule has 7 heteroatoms. The summed E-state index contributed by atoms with van der Waals surface area (Å²) in [6.45, 7) is 4.11. The van der Waals surface area contributed by atoms with Gasteiger partial charge in [0.15, 0.2) is 0 Å². The van der Waals surface area contributed by atoms with E-state index in [1.54, 1.807) is 6.92 Å². The molecule has 1 rings (SSSR count). The third kappa shape index (κ3) is 4.37. The molecular formula is C14H18FNO4S. The molecule has 0 aliphatic carbocycles. The van der Waals surface area contributed by atoms with Crippen LogP contribution in [-0.2, 0) is 14.8 Å². The number of sulfonamides is 1. The van der Waals surface area contributed by atoms with Gasteiger partial charge < -0.3 is 5.11 Å². The molecule has 0 atom stereocenters. The van der Waals surface area contributed by atoms with Crippen LogP contribution in [0, 0.1) is 5.82 Å². The molecule has 0 aliphatic rings. The van der Waals surface area contributed by atoms with Crippen LogP contribution in [-0.4, -0.2) is 36.9 Å². The molecule has 116 valence electrons. The fourth-order valence-electron chi connectivity index (χ4n) is 1.83. The van der Waals surface area contributed by atoms with Crippen molar-refractivity contribution in [3.63, 3.8) is 0 Å². The third-order valence-corrected chi connectivity index (χ3v) is 4.83. The van der Waals surface area contributed by atoms with E-state index in [4.69, 9.17) is 5.11 Å². The lowest BCUT2D eigenvalue weighted by Crippen LogP contribution is -2.32. The number of nitrogens with zero attached hydrogens (tertiary/aromatic N) is 1. The van der Waals surface area contributed by atoms with E-state index < -0.39 is 26.7 Å². The Balaban J connectivity index is 3.17. The van der Waals surface area contributed by atoms with Gasteiger partial charge in [0.1, 0.15) is 10.7 Å². The summed E-state index contributed by atoms with van der Waals surface area (Å²) in [6, 6.07) is 3.53. The van der Waals surface area contributed by atoms with Crippen LogP contribution >= 0.6 is 0 Å². The Morgan fingerprint density at radius 3 is 2.52 bits per heavy atom. The average molecular weight is 315 g/mol. The van der Waals surface area contributed by atoms with Gasteiger partial charge in [0.2, 0.25) is 10.0 Å². The zero-order chi connectivity index (χ0) is 16.0. The van der Waals surface area contributed by atoms with E-state index >= 15 is 0 Å². The molecular weight excluding hydrogens is 297 g/mol. The summed E-state index contributed by atoms with van der Waals surface area (Å²) in [5.41, 5.74) is 0.285. The second-order valence-electron chi connectivity index (χ2n) is 4.36. The highest BCUT2D eigenvalue weighted by atomic mass is 32.2. The van der Waals surface area contributed by atoms with Gasteiger partial charge in [-0.25, -0.2) is 17.6 Å². The van der Waals surface area contributed by atoms with Crippen LogP contribution in [0.3, 0.4) is 0 Å². The van der Waals surface area contributed by atoms with Crippen molar-refractivity contribution in [3.05, 3.63) is 35.7 Å². The number of hydrogen-bond donors (Lipinski definition) is 1. The molecule has 0 fully saturated rings. The average Bonchev–Trinajstić information content (AvgIpc) is 2.42. The summed E-state index contributed by atoms with van der Waals surface area (Å²) in [6.07, 6.45) is 2.69. The van der Waals surface area contributed by atoms with Crippen molar-refractivity contribution in [1.29, 1.82) is 0 Å². The molecule has 0 bridgehead atoms.